The molecule has 2 aliphatic rings. The third kappa shape index (κ3) is 5.86. The molecule has 1 aliphatic carbocycles. The number of rotatable bonds is 7. The second-order valence-corrected chi connectivity index (χ2v) is 18.4. The molecule has 12 aromatic rings. The predicted octanol–water partition coefficient (Wildman–Crippen LogP) is 17.6. The molecule has 0 saturated carbocycles. The minimum Gasteiger partial charge on any atom is -0.309 e. The molecule has 0 bridgehead atoms. The smallest absolute Gasteiger partial charge is 0.0755 e. The number of fused-ring (bicyclic) bond motifs is 12. The highest BCUT2D eigenvalue weighted by atomic mass is 15.1. The van der Waals surface area contributed by atoms with Gasteiger partial charge in [0.25, 0.3) is 0 Å². The molecule has 0 saturated heterocycles. The van der Waals surface area contributed by atoms with Crippen molar-refractivity contribution in [2.24, 2.45) is 0 Å². The first-order valence-electron chi connectivity index (χ1n) is 23.9. The predicted molar refractivity (Wildman–Crippen MR) is 288 cm³/mol. The molecule has 0 radical (unpaired) electrons. The summed E-state index contributed by atoms with van der Waals surface area (Å²) in [6, 6.07) is 98.7. The highest BCUT2D eigenvalue weighted by Gasteiger charge is 2.51. The van der Waals surface area contributed by atoms with E-state index in [1.54, 1.807) is 0 Å². The van der Waals surface area contributed by atoms with Crippen LogP contribution in [0.25, 0.3) is 83.1 Å². The number of hydrogen-bond donors (Lipinski definition) is 0. The van der Waals surface area contributed by atoms with Gasteiger partial charge in [0.1, 0.15) is 0 Å². The third-order valence-corrected chi connectivity index (χ3v) is 14.8. The zero-order valence-corrected chi connectivity index (χ0v) is 37.8. The molecule has 2 heterocycles. The van der Waals surface area contributed by atoms with Crippen molar-refractivity contribution >= 4 is 38.9 Å². The van der Waals surface area contributed by atoms with E-state index in [2.05, 4.69) is 276 Å². The summed E-state index contributed by atoms with van der Waals surface area (Å²) in [5.41, 5.74) is 23.6. The lowest BCUT2D eigenvalue weighted by Crippen LogP contribution is -2.33. The van der Waals surface area contributed by atoms with E-state index in [1.807, 2.05) is 0 Å². The second-order valence-electron chi connectivity index (χ2n) is 18.4. The van der Waals surface area contributed by atoms with E-state index in [9.17, 15) is 0 Å². The fraction of sp³-hybridized carbons (Fsp3) is 0.0149. The molecular weight excluding hydrogens is 833 g/mol. The van der Waals surface area contributed by atoms with Crippen molar-refractivity contribution in [1.82, 2.24) is 4.57 Å². The van der Waals surface area contributed by atoms with Gasteiger partial charge in [-0.2, -0.15) is 0 Å². The fourth-order valence-corrected chi connectivity index (χ4v) is 11.9. The highest BCUT2D eigenvalue weighted by molar-refractivity contribution is 6.13. The molecule has 1 aromatic heterocycles. The zero-order chi connectivity index (χ0) is 45.5. The Bertz CT molecular complexity index is 3960. The van der Waals surface area contributed by atoms with Gasteiger partial charge in [0.15, 0.2) is 0 Å². The van der Waals surface area contributed by atoms with Gasteiger partial charge in [0.2, 0.25) is 0 Å². The van der Waals surface area contributed by atoms with Gasteiger partial charge < -0.3 is 9.47 Å². The first kappa shape index (κ1) is 39.2. The standard InChI is InChI=1S/C67H44N2/c1-3-19-45(20-4-1)47-37-39-48(40-38-47)52-25-8-13-33-62(52)68(63-34-14-9-26-53(63)50-24-17-23-49(43-50)46-21-5-2-6-22-46)51-41-42-55-54-27-7-11-30-58(54)67(61(55)44-51)59-31-12-16-36-65(59)69-64-35-15-10-28-56(64)57-29-18-32-60(67)66(57)69/h1-44H. The van der Waals surface area contributed by atoms with Crippen LogP contribution in [0, 0.1) is 0 Å². The lowest BCUT2D eigenvalue weighted by atomic mass is 9.65. The summed E-state index contributed by atoms with van der Waals surface area (Å²) in [5, 5.41) is 2.55. The van der Waals surface area contributed by atoms with Gasteiger partial charge in [-0.05, 0) is 109 Å². The Hall–Kier alpha value is -8.98. The van der Waals surface area contributed by atoms with Crippen molar-refractivity contribution in [3.63, 3.8) is 0 Å². The monoisotopic (exact) mass is 876 g/mol. The number of anilines is 3. The van der Waals surface area contributed by atoms with Gasteiger partial charge in [0.05, 0.1) is 33.5 Å². The topological polar surface area (TPSA) is 8.17 Å². The number of aromatic nitrogens is 1. The first-order chi connectivity index (χ1) is 34.3. The van der Waals surface area contributed by atoms with Crippen molar-refractivity contribution in [2.45, 2.75) is 5.41 Å². The molecule has 1 unspecified atom stereocenters. The normalized spacial score (nSPS) is 14.1. The lowest BCUT2D eigenvalue weighted by molar-refractivity contribution is 0.748. The summed E-state index contributed by atoms with van der Waals surface area (Å²) in [5.74, 6) is 0. The average molecular weight is 877 g/mol. The van der Waals surface area contributed by atoms with Crippen molar-refractivity contribution in [3.8, 4) is 61.3 Å². The molecule has 14 rings (SSSR count). The van der Waals surface area contributed by atoms with Crippen LogP contribution in [0.3, 0.4) is 0 Å². The van der Waals surface area contributed by atoms with Crippen molar-refractivity contribution in [1.29, 1.82) is 0 Å². The van der Waals surface area contributed by atoms with Gasteiger partial charge >= 0.3 is 0 Å². The van der Waals surface area contributed by atoms with Crippen molar-refractivity contribution < 1.29 is 0 Å². The Morgan fingerprint density at radius 3 is 1.57 bits per heavy atom. The minimum absolute atomic E-state index is 0.593. The molecule has 0 N–H and O–H groups in total. The Balaban J connectivity index is 1.04. The maximum atomic E-state index is 2.52. The summed E-state index contributed by atoms with van der Waals surface area (Å²) < 4.78 is 2.52. The summed E-state index contributed by atoms with van der Waals surface area (Å²) in [4.78, 5) is 2.52. The van der Waals surface area contributed by atoms with E-state index >= 15 is 0 Å². The van der Waals surface area contributed by atoms with Crippen LogP contribution in [-0.2, 0) is 5.41 Å². The van der Waals surface area contributed by atoms with Crippen LogP contribution in [-0.4, -0.2) is 4.57 Å². The Kier molecular flexibility index (Phi) is 8.84. The van der Waals surface area contributed by atoms with Crippen LogP contribution in [0.15, 0.2) is 267 Å². The molecule has 1 aliphatic heterocycles. The number of nitrogens with zero attached hydrogens (tertiary/aromatic N) is 2. The molecule has 1 spiro atoms. The van der Waals surface area contributed by atoms with Crippen LogP contribution >= 0.6 is 0 Å². The molecule has 0 fully saturated rings. The van der Waals surface area contributed by atoms with E-state index in [-0.39, 0.29) is 0 Å². The van der Waals surface area contributed by atoms with Gasteiger partial charge in [-0.15, -0.1) is 0 Å². The summed E-state index contributed by atoms with van der Waals surface area (Å²) in [6.07, 6.45) is 0. The van der Waals surface area contributed by atoms with E-state index in [0.717, 1.165) is 39.3 Å². The van der Waals surface area contributed by atoms with Crippen LogP contribution in [0.4, 0.5) is 17.1 Å². The molecule has 1 atom stereocenters. The van der Waals surface area contributed by atoms with Crippen molar-refractivity contribution in [3.05, 3.63) is 289 Å². The Morgan fingerprint density at radius 2 is 0.797 bits per heavy atom. The van der Waals surface area contributed by atoms with Crippen LogP contribution in [0.2, 0.25) is 0 Å². The van der Waals surface area contributed by atoms with Crippen molar-refractivity contribution in [2.75, 3.05) is 4.90 Å². The largest absolute Gasteiger partial charge is 0.309 e. The summed E-state index contributed by atoms with van der Waals surface area (Å²) >= 11 is 0. The van der Waals surface area contributed by atoms with E-state index < -0.39 is 5.41 Å². The lowest BCUT2D eigenvalue weighted by Gasteiger charge is -2.40. The maximum Gasteiger partial charge on any atom is 0.0755 e. The number of hydrogen-bond acceptors (Lipinski definition) is 1. The second kappa shape index (κ2) is 15.6. The number of para-hydroxylation sites is 5. The van der Waals surface area contributed by atoms with E-state index in [0.29, 0.717) is 0 Å². The molecule has 2 heteroatoms. The van der Waals surface area contributed by atoms with E-state index in [4.69, 9.17) is 0 Å². The SMILES string of the molecule is c1ccc(-c2ccc(-c3ccccc3N(c3ccc4c(c3)C3(c5ccccc5-4)c4ccccc4-n4c5ccccc5c5cccc3c54)c3ccccc3-c3cccc(-c4ccccc4)c3)cc2)cc1. The molecular formula is C67H44N2. The number of benzene rings is 11. The third-order valence-electron chi connectivity index (χ3n) is 14.8. The van der Waals surface area contributed by atoms with Gasteiger partial charge in [-0.3, -0.25) is 0 Å². The molecule has 11 aromatic carbocycles. The average Bonchev–Trinajstić information content (AvgIpc) is 3.92. The van der Waals surface area contributed by atoms with Crippen LogP contribution in [0.1, 0.15) is 22.3 Å². The van der Waals surface area contributed by atoms with Gasteiger partial charge in [-0.1, -0.05) is 224 Å². The Morgan fingerprint density at radius 1 is 0.290 bits per heavy atom. The minimum atomic E-state index is -0.593. The fourth-order valence-electron chi connectivity index (χ4n) is 11.9. The van der Waals surface area contributed by atoms with Crippen LogP contribution < -0.4 is 4.90 Å². The van der Waals surface area contributed by atoms with E-state index in [1.165, 1.54) is 83.1 Å². The summed E-state index contributed by atoms with van der Waals surface area (Å²) in [7, 11) is 0. The Labute approximate surface area is 402 Å². The molecule has 69 heavy (non-hydrogen) atoms. The maximum absolute atomic E-state index is 2.52. The summed E-state index contributed by atoms with van der Waals surface area (Å²) in [6.45, 7) is 0. The molecule has 322 valence electrons. The molecule has 2 nitrogen and oxygen atoms in total. The van der Waals surface area contributed by atoms with Crippen LogP contribution in [0.5, 0.6) is 0 Å². The molecule has 0 amide bonds. The highest BCUT2D eigenvalue weighted by Crippen LogP contribution is 2.62. The quantitative estimate of drug-likeness (QED) is 0.155. The zero-order valence-electron chi connectivity index (χ0n) is 37.8. The van der Waals surface area contributed by atoms with Gasteiger partial charge in [-0.25, -0.2) is 0 Å². The van der Waals surface area contributed by atoms with Gasteiger partial charge in [0, 0.05) is 27.6 Å². The first-order valence-corrected chi connectivity index (χ1v) is 23.9.